The van der Waals surface area contributed by atoms with Crippen LogP contribution in [0.3, 0.4) is 0 Å². The number of piperidine rings is 1. The number of rotatable bonds is 2. The van der Waals surface area contributed by atoms with E-state index in [0.717, 1.165) is 40.7 Å². The Morgan fingerprint density at radius 3 is 2.60 bits per heavy atom. The molecule has 0 saturated carbocycles. The van der Waals surface area contributed by atoms with E-state index in [1.54, 1.807) is 17.7 Å². The van der Waals surface area contributed by atoms with Crippen molar-refractivity contribution < 1.29 is 8.78 Å². The Bertz CT molecular complexity index is 765. The van der Waals surface area contributed by atoms with Gasteiger partial charge in [-0.3, -0.25) is 0 Å². The Morgan fingerprint density at radius 1 is 1.12 bits per heavy atom. The lowest BCUT2D eigenvalue weighted by molar-refractivity contribution is -0.0219. The highest BCUT2D eigenvalue weighted by Gasteiger charge is 2.35. The van der Waals surface area contributed by atoms with E-state index in [2.05, 4.69) is 38.9 Å². The number of nitrogens with zero attached hydrogens (tertiary/aromatic N) is 4. The average Bonchev–Trinajstić information content (AvgIpc) is 2.97. The maximum absolute atomic E-state index is 13.4. The summed E-state index contributed by atoms with van der Waals surface area (Å²) in [6.45, 7) is 7.85. The molecule has 0 bridgehead atoms. The van der Waals surface area contributed by atoms with Crippen LogP contribution in [-0.4, -0.2) is 54.2 Å². The van der Waals surface area contributed by atoms with Crippen molar-refractivity contribution in [2.24, 2.45) is 0 Å². The number of nitrogens with one attached hydrogen (secondary N) is 1. The Kier molecular flexibility index (Phi) is 4.07. The summed E-state index contributed by atoms with van der Waals surface area (Å²) in [6, 6.07) is 2.02. The Hall–Kier alpha value is -1.54. The Morgan fingerprint density at radius 2 is 1.88 bits per heavy atom. The smallest absolute Gasteiger partial charge is 0.251 e. The first-order chi connectivity index (χ1) is 11.8. The number of aromatic nitrogens is 2. The fourth-order valence-electron chi connectivity index (χ4n) is 3.59. The molecular formula is C17H23F2N5S. The Balaban J connectivity index is 1.63. The molecule has 5 nitrogen and oxygen atoms in total. The van der Waals surface area contributed by atoms with Gasteiger partial charge in [0.1, 0.15) is 12.1 Å². The molecule has 8 heteroatoms. The molecule has 1 N–H and O–H groups in total. The molecule has 0 aliphatic carbocycles. The van der Waals surface area contributed by atoms with Gasteiger partial charge in [0.2, 0.25) is 0 Å². The van der Waals surface area contributed by atoms with Crippen molar-refractivity contribution in [1.82, 2.24) is 15.3 Å². The molecule has 0 unspecified atom stereocenters. The summed E-state index contributed by atoms with van der Waals surface area (Å²) in [5.74, 6) is -1.57. The fraction of sp³-hybridized carbons (Fsp3) is 0.647. The zero-order valence-corrected chi connectivity index (χ0v) is 15.4. The van der Waals surface area contributed by atoms with Crippen LogP contribution in [0.2, 0.25) is 0 Å². The molecule has 2 aliphatic rings. The lowest BCUT2D eigenvalue weighted by Crippen LogP contribution is -2.57. The second-order valence-electron chi connectivity index (χ2n) is 7.57. The van der Waals surface area contributed by atoms with Crippen LogP contribution >= 0.6 is 11.3 Å². The van der Waals surface area contributed by atoms with Crippen LogP contribution in [0, 0.1) is 0 Å². The number of fused-ring (bicyclic) bond motifs is 1. The summed E-state index contributed by atoms with van der Waals surface area (Å²) < 4.78 is 27.9. The molecule has 25 heavy (non-hydrogen) atoms. The van der Waals surface area contributed by atoms with E-state index in [1.165, 1.54) is 0 Å². The van der Waals surface area contributed by atoms with Gasteiger partial charge in [-0.25, -0.2) is 18.7 Å². The van der Waals surface area contributed by atoms with E-state index in [9.17, 15) is 8.78 Å². The molecule has 2 aromatic heterocycles. The van der Waals surface area contributed by atoms with Crippen LogP contribution in [0.15, 0.2) is 12.4 Å². The highest BCUT2D eigenvalue weighted by Crippen LogP contribution is 2.39. The molecule has 2 fully saturated rings. The predicted molar refractivity (Wildman–Crippen MR) is 98.1 cm³/mol. The summed E-state index contributed by atoms with van der Waals surface area (Å²) in [5.41, 5.74) is 0.937. The van der Waals surface area contributed by atoms with Gasteiger partial charge in [-0.15, -0.1) is 11.3 Å². The standard InChI is InChI=1S/C17H23F2N5S/c1-16(2)10-24(8-5-22-16)15-14-12(20-11-21-15)9-13(25-14)23-6-3-17(18,19)4-7-23/h9,11,22H,3-8,10H2,1-2H3. The van der Waals surface area contributed by atoms with Gasteiger partial charge in [0.15, 0.2) is 0 Å². The maximum Gasteiger partial charge on any atom is 0.251 e. The third kappa shape index (κ3) is 3.42. The first-order valence-corrected chi connectivity index (χ1v) is 9.52. The summed E-state index contributed by atoms with van der Waals surface area (Å²) >= 11 is 1.62. The van der Waals surface area contributed by atoms with Crippen LogP contribution in [0.1, 0.15) is 26.7 Å². The monoisotopic (exact) mass is 367 g/mol. The highest BCUT2D eigenvalue weighted by atomic mass is 32.1. The van der Waals surface area contributed by atoms with Crippen LogP contribution < -0.4 is 15.1 Å². The van der Waals surface area contributed by atoms with Gasteiger partial charge in [-0.1, -0.05) is 0 Å². The van der Waals surface area contributed by atoms with E-state index < -0.39 is 5.92 Å². The highest BCUT2D eigenvalue weighted by molar-refractivity contribution is 7.23. The molecule has 4 heterocycles. The minimum Gasteiger partial charge on any atom is -0.363 e. The van der Waals surface area contributed by atoms with E-state index in [1.807, 2.05) is 6.07 Å². The van der Waals surface area contributed by atoms with Gasteiger partial charge in [0, 0.05) is 51.1 Å². The normalized spacial score (nSPS) is 23.2. The van der Waals surface area contributed by atoms with Gasteiger partial charge in [0.05, 0.1) is 15.2 Å². The van der Waals surface area contributed by atoms with E-state index in [4.69, 9.17) is 0 Å². The minimum absolute atomic E-state index is 0.0358. The molecule has 2 aliphatic heterocycles. The van der Waals surface area contributed by atoms with Crippen LogP contribution in [0.5, 0.6) is 0 Å². The molecule has 0 radical (unpaired) electrons. The molecular weight excluding hydrogens is 344 g/mol. The second kappa shape index (κ2) is 6.02. The van der Waals surface area contributed by atoms with Crippen molar-refractivity contribution in [1.29, 1.82) is 0 Å². The zero-order valence-electron chi connectivity index (χ0n) is 14.6. The Labute approximate surface area is 150 Å². The molecule has 2 aromatic rings. The van der Waals surface area contributed by atoms with Gasteiger partial charge < -0.3 is 15.1 Å². The van der Waals surface area contributed by atoms with Gasteiger partial charge in [0.25, 0.3) is 5.92 Å². The zero-order chi connectivity index (χ0) is 17.7. The van der Waals surface area contributed by atoms with Crippen molar-refractivity contribution in [2.75, 3.05) is 42.5 Å². The molecule has 136 valence electrons. The lowest BCUT2D eigenvalue weighted by Gasteiger charge is -2.39. The average molecular weight is 367 g/mol. The van der Waals surface area contributed by atoms with Crippen molar-refractivity contribution in [3.05, 3.63) is 12.4 Å². The molecule has 0 amide bonds. The first-order valence-electron chi connectivity index (χ1n) is 8.70. The topological polar surface area (TPSA) is 44.3 Å². The molecule has 0 spiro atoms. The molecule has 2 saturated heterocycles. The van der Waals surface area contributed by atoms with Gasteiger partial charge in [-0.2, -0.15) is 0 Å². The summed E-state index contributed by atoms with van der Waals surface area (Å²) in [4.78, 5) is 13.3. The van der Waals surface area contributed by atoms with Crippen molar-refractivity contribution >= 4 is 32.4 Å². The SMILES string of the molecule is CC1(C)CN(c2ncnc3cc(N4CCC(F)(F)CC4)sc23)CCN1. The largest absolute Gasteiger partial charge is 0.363 e. The van der Waals surface area contributed by atoms with E-state index in [0.29, 0.717) is 13.1 Å². The first kappa shape index (κ1) is 16.9. The lowest BCUT2D eigenvalue weighted by atomic mass is 10.0. The van der Waals surface area contributed by atoms with E-state index in [-0.39, 0.29) is 18.4 Å². The van der Waals surface area contributed by atoms with E-state index >= 15 is 0 Å². The van der Waals surface area contributed by atoms with Gasteiger partial charge >= 0.3 is 0 Å². The third-order valence-electron chi connectivity index (χ3n) is 4.96. The minimum atomic E-state index is -2.52. The van der Waals surface area contributed by atoms with Crippen LogP contribution in [-0.2, 0) is 0 Å². The van der Waals surface area contributed by atoms with Crippen molar-refractivity contribution in [2.45, 2.75) is 38.2 Å². The third-order valence-corrected chi connectivity index (χ3v) is 6.14. The quantitative estimate of drug-likeness (QED) is 0.884. The van der Waals surface area contributed by atoms with Gasteiger partial charge in [-0.05, 0) is 19.9 Å². The predicted octanol–water partition coefficient (Wildman–Crippen LogP) is 3.12. The molecule has 4 rings (SSSR count). The number of hydrogen-bond donors (Lipinski definition) is 1. The molecule has 0 atom stereocenters. The number of anilines is 2. The van der Waals surface area contributed by atoms with Crippen LogP contribution in [0.4, 0.5) is 19.6 Å². The van der Waals surface area contributed by atoms with Crippen molar-refractivity contribution in [3.8, 4) is 0 Å². The summed E-state index contributed by atoms with van der Waals surface area (Å²) in [7, 11) is 0. The number of hydrogen-bond acceptors (Lipinski definition) is 6. The number of alkyl halides is 2. The fourth-order valence-corrected chi connectivity index (χ4v) is 4.77. The second-order valence-corrected chi connectivity index (χ2v) is 8.60. The van der Waals surface area contributed by atoms with Crippen molar-refractivity contribution in [3.63, 3.8) is 0 Å². The number of piperazine rings is 1. The summed E-state index contributed by atoms with van der Waals surface area (Å²) in [6.07, 6.45) is 1.45. The van der Waals surface area contributed by atoms with Crippen LogP contribution in [0.25, 0.3) is 10.2 Å². The maximum atomic E-state index is 13.4. The summed E-state index contributed by atoms with van der Waals surface area (Å²) in [5, 5.41) is 4.53. The molecule has 0 aromatic carbocycles. The number of thiophene rings is 1. The number of halogens is 2.